The Morgan fingerprint density at radius 2 is 1.81 bits per heavy atom. The third-order valence-corrected chi connectivity index (χ3v) is 6.45. The molecule has 6 heteroatoms. The first-order valence-electron chi connectivity index (χ1n) is 12.0. The molecule has 2 aliphatic carbocycles. The summed E-state index contributed by atoms with van der Waals surface area (Å²) in [6.07, 6.45) is 5.57. The highest BCUT2D eigenvalue weighted by Gasteiger charge is 2.32. The predicted molar refractivity (Wildman–Crippen MR) is 125 cm³/mol. The van der Waals surface area contributed by atoms with Gasteiger partial charge in [-0.15, -0.1) is 0 Å². The van der Waals surface area contributed by atoms with Gasteiger partial charge in [-0.05, 0) is 75.1 Å². The monoisotopic (exact) mass is 436 g/mol. The van der Waals surface area contributed by atoms with Crippen molar-refractivity contribution in [2.24, 2.45) is 5.92 Å². The van der Waals surface area contributed by atoms with Crippen LogP contribution in [0.15, 0.2) is 24.3 Å². The molecular weight excluding hydrogens is 400 g/mol. The summed E-state index contributed by atoms with van der Waals surface area (Å²) in [7, 11) is 0. The van der Waals surface area contributed by atoms with Crippen molar-refractivity contribution in [2.75, 3.05) is 0 Å². The summed E-state index contributed by atoms with van der Waals surface area (Å²) in [5, 5.41) is 7.71. The van der Waals surface area contributed by atoms with Crippen molar-refractivity contribution in [1.29, 1.82) is 0 Å². The summed E-state index contributed by atoms with van der Waals surface area (Å²) in [5.74, 6) is 0.746. The molecule has 0 unspecified atom stereocenters. The summed E-state index contributed by atoms with van der Waals surface area (Å²) < 4.78 is 2.08. The molecule has 2 fully saturated rings. The molecule has 1 aromatic heterocycles. The minimum absolute atomic E-state index is 0.00192. The average molecular weight is 437 g/mol. The molecule has 1 N–H and O–H groups in total. The Kier molecular flexibility index (Phi) is 6.68. The lowest BCUT2D eigenvalue weighted by molar-refractivity contribution is -0.132. The predicted octanol–water partition coefficient (Wildman–Crippen LogP) is 4.17. The SMILES string of the molecule is Cc1nn(CC(C)C)c(C)c1CCC(=O)N(Cc1ccc(C(=O)NC2CC2)cc1)C1CC1. The van der Waals surface area contributed by atoms with Crippen LogP contribution in [0, 0.1) is 19.8 Å². The first-order valence-corrected chi connectivity index (χ1v) is 12.0. The number of nitrogens with zero attached hydrogens (tertiary/aromatic N) is 3. The standard InChI is InChI=1S/C26H36N4O2/c1-17(2)15-30-19(4)24(18(3)28-30)13-14-25(31)29(23-11-12-23)16-20-5-7-21(8-6-20)26(32)27-22-9-10-22/h5-8,17,22-23H,9-16H2,1-4H3,(H,27,32). The topological polar surface area (TPSA) is 67.2 Å². The van der Waals surface area contributed by atoms with Gasteiger partial charge in [-0.2, -0.15) is 5.10 Å². The third kappa shape index (κ3) is 5.59. The second-order valence-electron chi connectivity index (χ2n) is 9.92. The Morgan fingerprint density at radius 3 is 2.41 bits per heavy atom. The average Bonchev–Trinajstić information content (AvgIpc) is 3.66. The molecule has 2 aliphatic rings. The van der Waals surface area contributed by atoms with E-state index >= 15 is 0 Å². The maximum Gasteiger partial charge on any atom is 0.251 e. The summed E-state index contributed by atoms with van der Waals surface area (Å²) in [6.45, 7) is 10.1. The molecule has 32 heavy (non-hydrogen) atoms. The van der Waals surface area contributed by atoms with E-state index in [1.165, 1.54) is 11.3 Å². The number of amides is 2. The molecule has 4 rings (SSSR count). The highest BCUT2D eigenvalue weighted by Crippen LogP contribution is 2.30. The Labute approximate surface area is 191 Å². The fourth-order valence-corrected chi connectivity index (χ4v) is 4.26. The molecule has 0 saturated heterocycles. The van der Waals surface area contributed by atoms with Crippen LogP contribution in [0.4, 0.5) is 0 Å². The number of rotatable bonds is 10. The number of aromatic nitrogens is 2. The number of nitrogens with one attached hydrogen (secondary N) is 1. The maximum absolute atomic E-state index is 13.1. The first-order chi connectivity index (χ1) is 15.3. The zero-order valence-corrected chi connectivity index (χ0v) is 19.9. The van der Waals surface area contributed by atoms with Gasteiger partial charge in [-0.25, -0.2) is 0 Å². The molecular formula is C26H36N4O2. The first kappa shape index (κ1) is 22.6. The molecule has 1 aromatic carbocycles. The van der Waals surface area contributed by atoms with Gasteiger partial charge in [0.25, 0.3) is 5.91 Å². The lowest BCUT2D eigenvalue weighted by atomic mass is 10.1. The highest BCUT2D eigenvalue weighted by molar-refractivity contribution is 5.94. The van der Waals surface area contributed by atoms with Gasteiger partial charge in [0.1, 0.15) is 0 Å². The van der Waals surface area contributed by atoms with Crippen molar-refractivity contribution >= 4 is 11.8 Å². The Bertz CT molecular complexity index is 968. The zero-order chi connectivity index (χ0) is 22.8. The number of benzene rings is 1. The second-order valence-corrected chi connectivity index (χ2v) is 9.92. The zero-order valence-electron chi connectivity index (χ0n) is 19.9. The smallest absolute Gasteiger partial charge is 0.251 e. The molecule has 0 bridgehead atoms. The van der Waals surface area contributed by atoms with E-state index in [1.807, 2.05) is 36.1 Å². The summed E-state index contributed by atoms with van der Waals surface area (Å²) in [6, 6.07) is 8.42. The summed E-state index contributed by atoms with van der Waals surface area (Å²) in [5.41, 5.74) is 5.19. The van der Waals surface area contributed by atoms with E-state index in [0.717, 1.165) is 49.9 Å². The van der Waals surface area contributed by atoms with E-state index in [0.29, 0.717) is 36.5 Å². The van der Waals surface area contributed by atoms with Crippen molar-refractivity contribution in [3.8, 4) is 0 Å². The lowest BCUT2D eigenvalue weighted by Gasteiger charge is -2.23. The van der Waals surface area contributed by atoms with Gasteiger partial charge >= 0.3 is 0 Å². The van der Waals surface area contributed by atoms with E-state index in [4.69, 9.17) is 5.10 Å². The minimum atomic E-state index is -0.00192. The summed E-state index contributed by atoms with van der Waals surface area (Å²) in [4.78, 5) is 27.4. The Morgan fingerprint density at radius 1 is 1.12 bits per heavy atom. The fourth-order valence-electron chi connectivity index (χ4n) is 4.26. The van der Waals surface area contributed by atoms with Crippen LogP contribution in [0.25, 0.3) is 0 Å². The van der Waals surface area contributed by atoms with Gasteiger partial charge in [0.05, 0.1) is 5.69 Å². The van der Waals surface area contributed by atoms with Crippen LogP contribution < -0.4 is 5.32 Å². The van der Waals surface area contributed by atoms with E-state index < -0.39 is 0 Å². The van der Waals surface area contributed by atoms with Crippen LogP contribution >= 0.6 is 0 Å². The highest BCUT2D eigenvalue weighted by atomic mass is 16.2. The number of aryl methyl sites for hydroxylation is 1. The van der Waals surface area contributed by atoms with Crippen molar-refractivity contribution in [3.63, 3.8) is 0 Å². The van der Waals surface area contributed by atoms with E-state index in [9.17, 15) is 9.59 Å². The quantitative estimate of drug-likeness (QED) is 0.608. The van der Waals surface area contributed by atoms with Crippen LogP contribution in [0.1, 0.15) is 78.8 Å². The van der Waals surface area contributed by atoms with Gasteiger partial charge in [0, 0.05) is 42.9 Å². The molecule has 6 nitrogen and oxygen atoms in total. The summed E-state index contributed by atoms with van der Waals surface area (Å²) >= 11 is 0. The largest absolute Gasteiger partial charge is 0.349 e. The second kappa shape index (κ2) is 9.47. The molecule has 0 radical (unpaired) electrons. The molecule has 172 valence electrons. The number of carbonyl (C=O) groups is 2. The van der Waals surface area contributed by atoms with E-state index in [2.05, 4.69) is 30.8 Å². The number of hydrogen-bond acceptors (Lipinski definition) is 3. The molecule has 2 aromatic rings. The normalized spacial score (nSPS) is 15.8. The molecule has 1 heterocycles. The van der Waals surface area contributed by atoms with Crippen molar-refractivity contribution in [1.82, 2.24) is 20.0 Å². The van der Waals surface area contributed by atoms with E-state index in [-0.39, 0.29) is 11.8 Å². The van der Waals surface area contributed by atoms with Crippen molar-refractivity contribution in [2.45, 2.75) is 91.4 Å². The number of hydrogen-bond donors (Lipinski definition) is 1. The van der Waals surface area contributed by atoms with Gasteiger partial charge in [-0.1, -0.05) is 26.0 Å². The lowest BCUT2D eigenvalue weighted by Crippen LogP contribution is -2.32. The van der Waals surface area contributed by atoms with Crippen molar-refractivity contribution < 1.29 is 9.59 Å². The molecule has 0 spiro atoms. The number of carbonyl (C=O) groups excluding carboxylic acids is 2. The van der Waals surface area contributed by atoms with Gasteiger partial charge in [0.15, 0.2) is 0 Å². The maximum atomic E-state index is 13.1. The van der Waals surface area contributed by atoms with Gasteiger partial charge in [-0.3, -0.25) is 14.3 Å². The molecule has 0 atom stereocenters. The van der Waals surface area contributed by atoms with Crippen molar-refractivity contribution in [3.05, 3.63) is 52.3 Å². The van der Waals surface area contributed by atoms with Crippen LogP contribution in [0.2, 0.25) is 0 Å². The van der Waals surface area contributed by atoms with Gasteiger partial charge in [0.2, 0.25) is 5.91 Å². The Balaban J connectivity index is 1.36. The minimum Gasteiger partial charge on any atom is -0.349 e. The van der Waals surface area contributed by atoms with Crippen LogP contribution in [-0.2, 0) is 24.3 Å². The van der Waals surface area contributed by atoms with Crippen LogP contribution in [0.3, 0.4) is 0 Å². The van der Waals surface area contributed by atoms with E-state index in [1.54, 1.807) is 0 Å². The van der Waals surface area contributed by atoms with Crippen LogP contribution in [0.5, 0.6) is 0 Å². The molecule has 2 amide bonds. The van der Waals surface area contributed by atoms with Gasteiger partial charge < -0.3 is 10.2 Å². The van der Waals surface area contributed by atoms with Crippen LogP contribution in [-0.4, -0.2) is 38.6 Å². The fraction of sp³-hybridized carbons (Fsp3) is 0.577. The third-order valence-electron chi connectivity index (χ3n) is 6.45. The Hall–Kier alpha value is -2.63. The molecule has 0 aliphatic heterocycles. The molecule has 2 saturated carbocycles.